The predicted molar refractivity (Wildman–Crippen MR) is 168 cm³/mol. The summed E-state index contributed by atoms with van der Waals surface area (Å²) in [5, 5.41) is 24.5. The highest BCUT2D eigenvalue weighted by atomic mass is 16.4. The SMILES string of the molecule is C=C([C@H]1CCC2[C@@H](CCc3cc(C(=O)N(C)C)ccc3C2(C[C@@H](C)NCC(=C)N2C(C#N)C[C@@H]3C[C@@H]32)C(=O)O)C1)N(C)C. The van der Waals surface area contributed by atoms with E-state index in [0.717, 1.165) is 67.5 Å². The van der Waals surface area contributed by atoms with E-state index in [1.54, 1.807) is 19.0 Å². The number of carbonyl (C=O) groups excluding carboxylic acids is 1. The molecular formula is C35H49N5O3. The molecule has 2 saturated carbocycles. The van der Waals surface area contributed by atoms with Gasteiger partial charge in [-0.1, -0.05) is 19.2 Å². The van der Waals surface area contributed by atoms with E-state index < -0.39 is 11.4 Å². The van der Waals surface area contributed by atoms with Crippen LogP contribution in [0.1, 0.15) is 73.4 Å². The van der Waals surface area contributed by atoms with Gasteiger partial charge >= 0.3 is 5.97 Å². The van der Waals surface area contributed by atoms with Gasteiger partial charge in [0.25, 0.3) is 5.91 Å². The first-order chi connectivity index (χ1) is 20.4. The number of carbonyl (C=O) groups is 2. The number of nitrogens with one attached hydrogen (secondary N) is 1. The number of hydrogen-bond donors (Lipinski definition) is 2. The molecule has 1 aliphatic heterocycles. The summed E-state index contributed by atoms with van der Waals surface area (Å²) in [4.78, 5) is 32.5. The molecule has 8 atom stereocenters. The van der Waals surface area contributed by atoms with Crippen LogP contribution >= 0.6 is 0 Å². The number of nitriles is 1. The number of aliphatic carboxylic acids is 1. The summed E-state index contributed by atoms with van der Waals surface area (Å²) >= 11 is 0. The average Bonchev–Trinajstić information content (AvgIpc) is 3.67. The Hall–Kier alpha value is -3.31. The molecular weight excluding hydrogens is 538 g/mol. The van der Waals surface area contributed by atoms with E-state index in [9.17, 15) is 20.0 Å². The first kappa shape index (κ1) is 31.1. The van der Waals surface area contributed by atoms with E-state index in [4.69, 9.17) is 0 Å². The number of allylic oxidation sites excluding steroid dienone is 1. The van der Waals surface area contributed by atoms with Gasteiger partial charge in [-0.05, 0) is 105 Å². The molecule has 0 aromatic heterocycles. The largest absolute Gasteiger partial charge is 0.481 e. The van der Waals surface area contributed by atoms with Crippen LogP contribution in [0, 0.1) is 35.0 Å². The molecule has 1 saturated heterocycles. The minimum Gasteiger partial charge on any atom is -0.481 e. The summed E-state index contributed by atoms with van der Waals surface area (Å²) in [5.41, 5.74) is 3.40. The number of hydrogen-bond acceptors (Lipinski definition) is 6. The molecule has 0 bridgehead atoms. The van der Waals surface area contributed by atoms with Gasteiger partial charge in [0.05, 0.1) is 11.5 Å². The van der Waals surface area contributed by atoms with Crippen molar-refractivity contribution in [2.45, 2.75) is 81.8 Å². The molecule has 43 heavy (non-hydrogen) atoms. The fourth-order valence-corrected chi connectivity index (χ4v) is 8.66. The number of amides is 1. The molecule has 8 heteroatoms. The second-order valence-corrected chi connectivity index (χ2v) is 14.1. The van der Waals surface area contributed by atoms with E-state index in [1.165, 1.54) is 0 Å². The van der Waals surface area contributed by atoms with Crippen LogP contribution < -0.4 is 5.32 Å². The van der Waals surface area contributed by atoms with Crippen molar-refractivity contribution in [2.75, 3.05) is 34.7 Å². The van der Waals surface area contributed by atoms with Crippen molar-refractivity contribution >= 4 is 11.9 Å². The van der Waals surface area contributed by atoms with Gasteiger partial charge in [0, 0.05) is 63.8 Å². The number of carboxylic acids is 1. The third kappa shape index (κ3) is 5.69. The van der Waals surface area contributed by atoms with E-state index >= 15 is 0 Å². The maximum absolute atomic E-state index is 13.7. The molecule has 1 amide bonds. The molecule has 232 valence electrons. The molecule has 0 spiro atoms. The van der Waals surface area contributed by atoms with Crippen molar-refractivity contribution in [1.82, 2.24) is 20.0 Å². The van der Waals surface area contributed by atoms with Crippen molar-refractivity contribution in [2.24, 2.45) is 23.7 Å². The highest BCUT2D eigenvalue weighted by Crippen LogP contribution is 2.54. The van der Waals surface area contributed by atoms with Crippen molar-refractivity contribution in [3.8, 4) is 6.07 Å². The van der Waals surface area contributed by atoms with Gasteiger partial charge in [-0.2, -0.15) is 5.26 Å². The second-order valence-electron chi connectivity index (χ2n) is 14.1. The molecule has 2 N–H and O–H groups in total. The molecule has 1 aromatic rings. The van der Waals surface area contributed by atoms with E-state index in [2.05, 4.69) is 41.3 Å². The zero-order valence-electron chi connectivity index (χ0n) is 26.6. The third-order valence-electron chi connectivity index (χ3n) is 11.0. The van der Waals surface area contributed by atoms with Crippen LogP contribution in [0.2, 0.25) is 0 Å². The molecule has 3 aliphatic carbocycles. The van der Waals surface area contributed by atoms with Gasteiger partial charge in [0.1, 0.15) is 6.04 Å². The summed E-state index contributed by atoms with van der Waals surface area (Å²) in [6.07, 6.45) is 6.82. The topological polar surface area (TPSA) is 99.9 Å². The molecule has 5 rings (SSSR count). The van der Waals surface area contributed by atoms with Crippen LogP contribution in [-0.2, 0) is 16.6 Å². The van der Waals surface area contributed by atoms with Gasteiger partial charge in [0.2, 0.25) is 0 Å². The number of carboxylic acid groups (broad SMARTS) is 1. The Bertz CT molecular complexity index is 1330. The Morgan fingerprint density at radius 2 is 1.86 bits per heavy atom. The number of rotatable bonds is 10. The van der Waals surface area contributed by atoms with E-state index in [0.29, 0.717) is 36.4 Å². The molecule has 1 aromatic carbocycles. The Kier molecular flexibility index (Phi) is 8.68. The number of aryl methyl sites for hydroxylation is 1. The van der Waals surface area contributed by atoms with Crippen molar-refractivity contribution in [3.05, 3.63) is 59.4 Å². The van der Waals surface area contributed by atoms with Gasteiger partial charge in [0.15, 0.2) is 0 Å². The summed E-state index contributed by atoms with van der Waals surface area (Å²) in [6, 6.07) is 8.36. The first-order valence-electron chi connectivity index (χ1n) is 15.9. The van der Waals surface area contributed by atoms with Crippen LogP contribution in [0.4, 0.5) is 0 Å². The molecule has 4 aliphatic rings. The number of likely N-dealkylation sites (tertiary alicyclic amines) is 1. The van der Waals surface area contributed by atoms with Crippen molar-refractivity contribution in [3.63, 3.8) is 0 Å². The fraction of sp³-hybridized carbons (Fsp3) is 0.629. The quantitative estimate of drug-likeness (QED) is 0.412. The Morgan fingerprint density at radius 1 is 1.12 bits per heavy atom. The second kappa shape index (κ2) is 12.0. The monoisotopic (exact) mass is 587 g/mol. The zero-order valence-corrected chi connectivity index (χ0v) is 26.6. The van der Waals surface area contributed by atoms with Crippen molar-refractivity contribution < 1.29 is 14.7 Å². The average molecular weight is 588 g/mol. The highest BCUT2D eigenvalue weighted by molar-refractivity contribution is 5.94. The van der Waals surface area contributed by atoms with Crippen molar-refractivity contribution in [1.29, 1.82) is 5.26 Å². The lowest BCUT2D eigenvalue weighted by Gasteiger charge is -2.47. The van der Waals surface area contributed by atoms with Crippen LogP contribution in [0.25, 0.3) is 0 Å². The molecule has 3 fully saturated rings. The third-order valence-corrected chi connectivity index (χ3v) is 11.0. The smallest absolute Gasteiger partial charge is 0.314 e. The minimum atomic E-state index is -1.08. The molecule has 1 heterocycles. The van der Waals surface area contributed by atoms with Gasteiger partial charge < -0.3 is 25.1 Å². The molecule has 0 radical (unpaired) electrons. The number of nitrogens with zero attached hydrogens (tertiary/aromatic N) is 4. The summed E-state index contributed by atoms with van der Waals surface area (Å²) in [6.45, 7) is 11.3. The lowest BCUT2D eigenvalue weighted by molar-refractivity contribution is -0.149. The Balaban J connectivity index is 1.45. The van der Waals surface area contributed by atoms with Crippen LogP contribution in [0.3, 0.4) is 0 Å². The lowest BCUT2D eigenvalue weighted by atomic mass is 9.57. The fourth-order valence-electron chi connectivity index (χ4n) is 8.66. The summed E-state index contributed by atoms with van der Waals surface area (Å²) < 4.78 is 0. The number of fused-ring (bicyclic) bond motifs is 3. The Labute approximate surface area is 257 Å². The van der Waals surface area contributed by atoms with Crippen LogP contribution in [-0.4, -0.2) is 84.5 Å². The highest BCUT2D eigenvalue weighted by Gasteiger charge is 2.55. The summed E-state index contributed by atoms with van der Waals surface area (Å²) in [7, 11) is 7.56. The number of benzene rings is 1. The van der Waals surface area contributed by atoms with Gasteiger partial charge in [-0.15, -0.1) is 0 Å². The predicted octanol–water partition coefficient (Wildman–Crippen LogP) is 4.63. The van der Waals surface area contributed by atoms with E-state index in [-0.39, 0.29) is 29.8 Å². The zero-order chi connectivity index (χ0) is 31.2. The van der Waals surface area contributed by atoms with E-state index in [1.807, 2.05) is 32.3 Å². The first-order valence-corrected chi connectivity index (χ1v) is 15.9. The standard InChI is InChI=1S/C35H49N5O3/c1-21(37-20-22(2)40-29(19-36)16-28-17-32(28)40)18-35(34(42)43)30-12-10-24(23(3)38(4)5)14-25(30)8-9-26-15-27(11-13-31(26)35)33(41)39(6)7/h11,13,15,21,24-25,28-30,32,37H,2-3,8-10,12,14,16-18,20H2,1,4-7H3,(H,42,43)/t21-,24+,25+,28-,29?,30?,32+,35?/m1/s1. The Morgan fingerprint density at radius 3 is 2.51 bits per heavy atom. The summed E-state index contributed by atoms with van der Waals surface area (Å²) in [5.74, 6) is 0.317. The normalized spacial score (nSPS) is 31.4. The maximum atomic E-state index is 13.7. The van der Waals surface area contributed by atoms with Crippen LogP contribution in [0.5, 0.6) is 0 Å². The lowest BCUT2D eigenvalue weighted by Crippen LogP contribution is -2.51. The molecule has 8 nitrogen and oxygen atoms in total. The van der Waals surface area contributed by atoms with Gasteiger partial charge in [-0.25, -0.2) is 0 Å². The minimum absolute atomic E-state index is 0.0194. The number of piperidine rings is 1. The molecule has 3 unspecified atom stereocenters. The maximum Gasteiger partial charge on any atom is 0.314 e. The van der Waals surface area contributed by atoms with Crippen LogP contribution in [0.15, 0.2) is 42.8 Å². The van der Waals surface area contributed by atoms with Gasteiger partial charge in [-0.3, -0.25) is 9.59 Å².